The summed E-state index contributed by atoms with van der Waals surface area (Å²) in [5.74, 6) is 2.32. The summed E-state index contributed by atoms with van der Waals surface area (Å²) in [7, 11) is 0. The Balaban J connectivity index is 1.84. The van der Waals surface area contributed by atoms with Crippen LogP contribution in [0.25, 0.3) is 0 Å². The first kappa shape index (κ1) is 12.8. The Morgan fingerprint density at radius 3 is 2.82 bits per heavy atom. The van der Waals surface area contributed by atoms with Crippen molar-refractivity contribution in [2.75, 3.05) is 23.4 Å². The van der Waals surface area contributed by atoms with Crippen molar-refractivity contribution in [1.82, 2.24) is 0 Å². The Morgan fingerprint density at radius 1 is 1.35 bits per heavy atom. The van der Waals surface area contributed by atoms with Crippen LogP contribution in [0.15, 0.2) is 34.2 Å². The predicted molar refractivity (Wildman–Crippen MR) is 80.5 cm³/mol. The summed E-state index contributed by atoms with van der Waals surface area (Å²) < 4.78 is 0. The zero-order valence-corrected chi connectivity index (χ0v) is 11.7. The summed E-state index contributed by atoms with van der Waals surface area (Å²) in [6.45, 7) is 3.17. The molecule has 1 aromatic rings. The van der Waals surface area contributed by atoms with Gasteiger partial charge in [0.05, 0.1) is 6.54 Å². The number of rotatable bonds is 5. The number of nitrogens with one attached hydrogen (secondary N) is 1. The van der Waals surface area contributed by atoms with Gasteiger partial charge in [0, 0.05) is 16.3 Å². The maximum absolute atomic E-state index is 4.38. The zero-order chi connectivity index (χ0) is 11.9. The van der Waals surface area contributed by atoms with Gasteiger partial charge in [-0.1, -0.05) is 25.1 Å². The highest BCUT2D eigenvalue weighted by Gasteiger charge is 2.06. The standard InChI is InChI=1S/C13H18N2S2/c1-2-3-9-16-12-6-4-11(5-7-12)15-13-14-8-10-17-13/h4-7H,2-3,8-10H2,1H3,(H,14,15). The molecule has 0 atom stereocenters. The topological polar surface area (TPSA) is 24.4 Å². The van der Waals surface area contributed by atoms with Crippen LogP contribution in [-0.2, 0) is 0 Å². The van der Waals surface area contributed by atoms with E-state index >= 15 is 0 Å². The van der Waals surface area contributed by atoms with E-state index in [-0.39, 0.29) is 0 Å². The summed E-state index contributed by atoms with van der Waals surface area (Å²) in [6.07, 6.45) is 2.56. The van der Waals surface area contributed by atoms with Crippen LogP contribution >= 0.6 is 23.5 Å². The lowest BCUT2D eigenvalue weighted by atomic mass is 10.3. The van der Waals surface area contributed by atoms with Crippen molar-refractivity contribution >= 4 is 34.4 Å². The number of hydrogen-bond acceptors (Lipinski definition) is 4. The molecule has 0 saturated heterocycles. The number of benzene rings is 1. The third-order valence-electron chi connectivity index (χ3n) is 2.46. The molecule has 0 aromatic heterocycles. The smallest absolute Gasteiger partial charge is 0.161 e. The third-order valence-corrected chi connectivity index (χ3v) is 4.45. The van der Waals surface area contributed by atoms with Crippen molar-refractivity contribution in [3.8, 4) is 0 Å². The number of amidine groups is 1. The normalized spacial score (nSPS) is 14.8. The average molecular weight is 266 g/mol. The van der Waals surface area contributed by atoms with Crippen LogP contribution in [0.2, 0.25) is 0 Å². The fourth-order valence-corrected chi connectivity index (χ4v) is 3.25. The molecule has 92 valence electrons. The van der Waals surface area contributed by atoms with E-state index in [9.17, 15) is 0 Å². The Hall–Kier alpha value is -0.610. The van der Waals surface area contributed by atoms with Gasteiger partial charge in [-0.2, -0.15) is 0 Å². The minimum atomic E-state index is 0.942. The van der Waals surface area contributed by atoms with Crippen molar-refractivity contribution < 1.29 is 0 Å². The summed E-state index contributed by atoms with van der Waals surface area (Å²) in [5.41, 5.74) is 1.14. The van der Waals surface area contributed by atoms with Gasteiger partial charge in [-0.15, -0.1) is 11.8 Å². The molecule has 1 aliphatic heterocycles. The van der Waals surface area contributed by atoms with E-state index in [0.717, 1.165) is 23.2 Å². The van der Waals surface area contributed by atoms with Gasteiger partial charge in [0.25, 0.3) is 0 Å². The molecule has 1 N–H and O–H groups in total. The quantitative estimate of drug-likeness (QED) is 0.641. The van der Waals surface area contributed by atoms with Gasteiger partial charge < -0.3 is 5.32 Å². The van der Waals surface area contributed by atoms with Gasteiger partial charge in [0.2, 0.25) is 0 Å². The van der Waals surface area contributed by atoms with Crippen molar-refractivity contribution in [2.24, 2.45) is 4.99 Å². The van der Waals surface area contributed by atoms with Crippen LogP contribution in [0.4, 0.5) is 5.69 Å². The first-order chi connectivity index (χ1) is 8.38. The Kier molecular flexibility index (Phi) is 5.26. The van der Waals surface area contributed by atoms with Gasteiger partial charge >= 0.3 is 0 Å². The van der Waals surface area contributed by atoms with Gasteiger partial charge in [-0.3, -0.25) is 4.99 Å². The lowest BCUT2D eigenvalue weighted by molar-refractivity contribution is 0.896. The number of unbranched alkanes of at least 4 members (excludes halogenated alkanes) is 1. The molecule has 0 bridgehead atoms. The van der Waals surface area contributed by atoms with E-state index in [1.807, 2.05) is 11.8 Å². The molecule has 0 amide bonds. The van der Waals surface area contributed by atoms with Crippen LogP contribution in [0, 0.1) is 0 Å². The minimum Gasteiger partial charge on any atom is -0.335 e. The van der Waals surface area contributed by atoms with Gasteiger partial charge in [0.15, 0.2) is 5.17 Å². The molecule has 0 radical (unpaired) electrons. The van der Waals surface area contributed by atoms with Crippen LogP contribution < -0.4 is 5.32 Å². The van der Waals surface area contributed by atoms with Gasteiger partial charge in [-0.05, 0) is 36.4 Å². The summed E-state index contributed by atoms with van der Waals surface area (Å²) >= 11 is 3.73. The number of aliphatic imine (C=N–C) groups is 1. The molecule has 1 aliphatic rings. The van der Waals surface area contributed by atoms with Crippen molar-refractivity contribution in [2.45, 2.75) is 24.7 Å². The molecule has 0 aliphatic carbocycles. The maximum atomic E-state index is 4.38. The second-order valence-corrected chi connectivity index (χ2v) is 6.14. The Labute approximate surface area is 112 Å². The minimum absolute atomic E-state index is 0.942. The first-order valence-corrected chi connectivity index (χ1v) is 8.03. The van der Waals surface area contributed by atoms with Gasteiger partial charge in [0.1, 0.15) is 0 Å². The molecule has 1 aromatic carbocycles. The molecule has 17 heavy (non-hydrogen) atoms. The zero-order valence-electron chi connectivity index (χ0n) is 10.1. The maximum Gasteiger partial charge on any atom is 0.161 e. The molecule has 4 heteroatoms. The first-order valence-electron chi connectivity index (χ1n) is 6.05. The number of thioether (sulfide) groups is 2. The van der Waals surface area contributed by atoms with E-state index in [1.54, 1.807) is 11.8 Å². The molecule has 0 saturated carbocycles. The predicted octanol–water partition coefficient (Wildman–Crippen LogP) is 4.09. The third kappa shape index (κ3) is 4.28. The summed E-state index contributed by atoms with van der Waals surface area (Å²) in [4.78, 5) is 5.73. The Bertz CT molecular complexity index is 374. The number of nitrogens with zero attached hydrogens (tertiary/aromatic N) is 1. The molecular weight excluding hydrogens is 248 g/mol. The largest absolute Gasteiger partial charge is 0.335 e. The number of anilines is 1. The Morgan fingerprint density at radius 2 is 2.18 bits per heavy atom. The van der Waals surface area contributed by atoms with Crippen molar-refractivity contribution in [1.29, 1.82) is 0 Å². The molecule has 1 heterocycles. The summed E-state index contributed by atoms with van der Waals surface area (Å²) in [6, 6.07) is 8.64. The average Bonchev–Trinajstić information content (AvgIpc) is 2.85. The number of hydrogen-bond donors (Lipinski definition) is 1. The van der Waals surface area contributed by atoms with E-state index in [1.165, 1.54) is 23.5 Å². The fourth-order valence-electron chi connectivity index (χ4n) is 1.50. The monoisotopic (exact) mass is 266 g/mol. The highest BCUT2D eigenvalue weighted by molar-refractivity contribution is 8.14. The highest BCUT2D eigenvalue weighted by Crippen LogP contribution is 2.22. The second kappa shape index (κ2) is 6.97. The van der Waals surface area contributed by atoms with Crippen LogP contribution in [-0.4, -0.2) is 23.2 Å². The SMILES string of the molecule is CCCCSc1ccc(NC2=NCCS2)cc1. The molecule has 0 fully saturated rings. The molecule has 2 rings (SSSR count). The lowest BCUT2D eigenvalue weighted by Gasteiger charge is -2.06. The molecular formula is C13H18N2S2. The van der Waals surface area contributed by atoms with E-state index in [4.69, 9.17) is 0 Å². The lowest BCUT2D eigenvalue weighted by Crippen LogP contribution is -2.04. The van der Waals surface area contributed by atoms with Crippen LogP contribution in [0.3, 0.4) is 0 Å². The highest BCUT2D eigenvalue weighted by atomic mass is 32.2. The summed E-state index contributed by atoms with van der Waals surface area (Å²) in [5, 5.41) is 4.39. The molecule has 2 nitrogen and oxygen atoms in total. The van der Waals surface area contributed by atoms with Crippen LogP contribution in [0.5, 0.6) is 0 Å². The molecule has 0 unspecified atom stereocenters. The molecule has 0 spiro atoms. The van der Waals surface area contributed by atoms with Crippen molar-refractivity contribution in [3.63, 3.8) is 0 Å². The van der Waals surface area contributed by atoms with E-state index in [2.05, 4.69) is 41.5 Å². The van der Waals surface area contributed by atoms with E-state index in [0.29, 0.717) is 0 Å². The van der Waals surface area contributed by atoms with Crippen LogP contribution in [0.1, 0.15) is 19.8 Å². The fraction of sp³-hybridized carbons (Fsp3) is 0.462. The van der Waals surface area contributed by atoms with E-state index < -0.39 is 0 Å². The van der Waals surface area contributed by atoms with Crippen molar-refractivity contribution in [3.05, 3.63) is 24.3 Å². The second-order valence-electron chi connectivity index (χ2n) is 3.89. The van der Waals surface area contributed by atoms with Gasteiger partial charge in [-0.25, -0.2) is 0 Å².